The average Bonchev–Trinajstić information content (AvgIpc) is 3.07. The van der Waals surface area contributed by atoms with Crippen LogP contribution in [0.4, 0.5) is 21.0 Å². The fourth-order valence-electron chi connectivity index (χ4n) is 2.51. The minimum absolute atomic E-state index is 0.131. The van der Waals surface area contributed by atoms with Crippen molar-refractivity contribution in [3.05, 3.63) is 24.3 Å². The summed E-state index contributed by atoms with van der Waals surface area (Å²) in [6.45, 7) is 6.00. The molecule has 1 atom stereocenters. The van der Waals surface area contributed by atoms with Crippen molar-refractivity contribution in [2.45, 2.75) is 32.8 Å². The first-order valence-electron chi connectivity index (χ1n) is 8.33. The minimum Gasteiger partial charge on any atom is -0.450 e. The molecule has 132 valence electrons. The van der Waals surface area contributed by atoms with Gasteiger partial charge in [0.2, 0.25) is 0 Å². The summed E-state index contributed by atoms with van der Waals surface area (Å²) in [5.74, 6) is 0. The molecule has 1 fully saturated rings. The highest BCUT2D eigenvalue weighted by Crippen LogP contribution is 2.16. The van der Waals surface area contributed by atoms with Crippen molar-refractivity contribution in [2.24, 2.45) is 0 Å². The lowest BCUT2D eigenvalue weighted by molar-refractivity contribution is 0.0849. The molecular weight excluding hydrogens is 310 g/mol. The van der Waals surface area contributed by atoms with Gasteiger partial charge in [0.25, 0.3) is 0 Å². The zero-order chi connectivity index (χ0) is 17.4. The molecule has 0 spiro atoms. The van der Waals surface area contributed by atoms with Crippen molar-refractivity contribution in [3.63, 3.8) is 0 Å². The monoisotopic (exact) mass is 335 g/mol. The van der Waals surface area contributed by atoms with Gasteiger partial charge < -0.3 is 19.7 Å². The number of ether oxygens (including phenoxy) is 2. The molecule has 1 heterocycles. The van der Waals surface area contributed by atoms with E-state index in [0.29, 0.717) is 31.1 Å². The molecule has 0 aromatic heterocycles. The lowest BCUT2D eigenvalue weighted by Crippen LogP contribution is -2.39. The fraction of sp³-hybridized carbons (Fsp3) is 0.529. The van der Waals surface area contributed by atoms with E-state index in [9.17, 15) is 9.59 Å². The maximum absolute atomic E-state index is 12.3. The van der Waals surface area contributed by atoms with E-state index in [1.807, 2.05) is 6.92 Å². The first-order chi connectivity index (χ1) is 11.6. The van der Waals surface area contributed by atoms with Crippen molar-refractivity contribution in [3.8, 4) is 0 Å². The van der Waals surface area contributed by atoms with Crippen LogP contribution in [-0.4, -0.2) is 49.4 Å². The minimum atomic E-state index is -0.497. The molecule has 1 aromatic rings. The zero-order valence-electron chi connectivity index (χ0n) is 14.2. The Morgan fingerprint density at radius 1 is 1.21 bits per heavy atom. The third-order valence-corrected chi connectivity index (χ3v) is 3.77. The lowest BCUT2D eigenvalue weighted by atomic mass is 10.2. The van der Waals surface area contributed by atoms with E-state index in [-0.39, 0.29) is 12.1 Å². The number of urea groups is 1. The molecule has 2 rings (SSSR count). The van der Waals surface area contributed by atoms with E-state index >= 15 is 0 Å². The van der Waals surface area contributed by atoms with Crippen molar-refractivity contribution in [2.75, 3.05) is 36.9 Å². The van der Waals surface area contributed by atoms with E-state index in [2.05, 4.69) is 10.6 Å². The van der Waals surface area contributed by atoms with Crippen LogP contribution in [0, 0.1) is 0 Å². The van der Waals surface area contributed by atoms with Crippen LogP contribution in [0.25, 0.3) is 0 Å². The van der Waals surface area contributed by atoms with Crippen LogP contribution in [0.5, 0.6) is 0 Å². The third-order valence-electron chi connectivity index (χ3n) is 3.77. The van der Waals surface area contributed by atoms with Crippen molar-refractivity contribution in [1.29, 1.82) is 0 Å². The summed E-state index contributed by atoms with van der Waals surface area (Å²) in [7, 11) is 0. The molecular formula is C17H25N3O4. The maximum atomic E-state index is 12.3. The van der Waals surface area contributed by atoms with Crippen LogP contribution < -0.4 is 10.6 Å². The lowest BCUT2D eigenvalue weighted by Gasteiger charge is -2.24. The topological polar surface area (TPSA) is 79.9 Å². The maximum Gasteiger partial charge on any atom is 0.411 e. The second-order valence-corrected chi connectivity index (χ2v) is 5.53. The highest BCUT2D eigenvalue weighted by atomic mass is 16.5. The molecule has 1 aliphatic rings. The number of carbonyl (C=O) groups excluding carboxylic acids is 2. The molecule has 0 bridgehead atoms. The molecule has 0 saturated carbocycles. The van der Waals surface area contributed by atoms with Gasteiger partial charge in [0.15, 0.2) is 0 Å². The molecule has 7 nitrogen and oxygen atoms in total. The van der Waals surface area contributed by atoms with Gasteiger partial charge in [-0.3, -0.25) is 5.32 Å². The standard InChI is InChI=1S/C17H25N3O4/c1-3-20(12-15-6-5-11-24-15)16(21)18-13-7-9-14(10-8-13)19-17(22)23-4-2/h7-10,15H,3-6,11-12H2,1-2H3,(H,18,21)(H,19,22)/t15-/m1/s1. The van der Waals surface area contributed by atoms with Crippen LogP contribution in [0.2, 0.25) is 0 Å². The summed E-state index contributed by atoms with van der Waals surface area (Å²) in [4.78, 5) is 25.4. The van der Waals surface area contributed by atoms with Crippen LogP contribution in [0.3, 0.4) is 0 Å². The number of hydrogen-bond donors (Lipinski definition) is 2. The number of benzene rings is 1. The van der Waals surface area contributed by atoms with Gasteiger partial charge in [-0.2, -0.15) is 0 Å². The Balaban J connectivity index is 1.86. The van der Waals surface area contributed by atoms with Gasteiger partial charge >= 0.3 is 12.1 Å². The number of amides is 3. The van der Waals surface area contributed by atoms with E-state index in [4.69, 9.17) is 9.47 Å². The first kappa shape index (κ1) is 18.1. The normalized spacial score (nSPS) is 16.5. The van der Waals surface area contributed by atoms with E-state index in [1.54, 1.807) is 36.1 Å². The zero-order valence-corrected chi connectivity index (χ0v) is 14.2. The van der Waals surface area contributed by atoms with Crippen LogP contribution >= 0.6 is 0 Å². The molecule has 2 N–H and O–H groups in total. The van der Waals surface area contributed by atoms with Gasteiger partial charge in [-0.1, -0.05) is 0 Å². The van der Waals surface area contributed by atoms with Gasteiger partial charge in [0, 0.05) is 31.1 Å². The van der Waals surface area contributed by atoms with E-state index in [0.717, 1.165) is 19.4 Å². The summed E-state index contributed by atoms with van der Waals surface area (Å²) in [6.07, 6.45) is 1.69. The Hall–Kier alpha value is -2.28. The first-order valence-corrected chi connectivity index (χ1v) is 8.33. The molecule has 0 aliphatic carbocycles. The smallest absolute Gasteiger partial charge is 0.411 e. The van der Waals surface area contributed by atoms with E-state index < -0.39 is 6.09 Å². The molecule has 0 radical (unpaired) electrons. The molecule has 3 amide bonds. The predicted octanol–water partition coefficient (Wildman–Crippen LogP) is 3.29. The Labute approximate surface area is 142 Å². The van der Waals surface area contributed by atoms with Gasteiger partial charge in [0.1, 0.15) is 0 Å². The predicted molar refractivity (Wildman–Crippen MR) is 92.3 cm³/mol. The molecule has 24 heavy (non-hydrogen) atoms. The Morgan fingerprint density at radius 3 is 2.42 bits per heavy atom. The number of likely N-dealkylation sites (N-methyl/N-ethyl adjacent to an activating group) is 1. The number of rotatable bonds is 6. The Bertz CT molecular complexity index is 541. The molecule has 1 saturated heterocycles. The fourth-order valence-corrected chi connectivity index (χ4v) is 2.51. The average molecular weight is 335 g/mol. The number of anilines is 2. The summed E-state index contributed by atoms with van der Waals surface area (Å²) in [5.41, 5.74) is 1.28. The van der Waals surface area contributed by atoms with Crippen LogP contribution in [-0.2, 0) is 9.47 Å². The number of hydrogen-bond acceptors (Lipinski definition) is 4. The molecule has 1 aliphatic heterocycles. The number of carbonyl (C=O) groups is 2. The molecule has 0 unspecified atom stereocenters. The summed E-state index contributed by atoms with van der Waals surface area (Å²) < 4.78 is 10.4. The Kier molecular flexibility index (Phi) is 6.87. The van der Waals surface area contributed by atoms with Crippen LogP contribution in [0.15, 0.2) is 24.3 Å². The highest BCUT2D eigenvalue weighted by Gasteiger charge is 2.21. The number of nitrogens with one attached hydrogen (secondary N) is 2. The summed E-state index contributed by atoms with van der Waals surface area (Å²) in [5, 5.41) is 5.46. The van der Waals surface area contributed by atoms with Crippen LogP contribution in [0.1, 0.15) is 26.7 Å². The van der Waals surface area contributed by atoms with Crippen molar-refractivity contribution in [1.82, 2.24) is 4.90 Å². The van der Waals surface area contributed by atoms with Gasteiger partial charge in [-0.25, -0.2) is 9.59 Å². The van der Waals surface area contributed by atoms with Gasteiger partial charge in [-0.15, -0.1) is 0 Å². The van der Waals surface area contributed by atoms with E-state index in [1.165, 1.54) is 0 Å². The molecule has 1 aromatic carbocycles. The SMILES string of the molecule is CCOC(=O)Nc1ccc(NC(=O)N(CC)C[C@H]2CCCO2)cc1. The third kappa shape index (κ3) is 5.42. The summed E-state index contributed by atoms with van der Waals surface area (Å²) >= 11 is 0. The van der Waals surface area contributed by atoms with Gasteiger partial charge in [0.05, 0.1) is 12.7 Å². The van der Waals surface area contributed by atoms with Crippen molar-refractivity contribution >= 4 is 23.5 Å². The Morgan fingerprint density at radius 2 is 1.88 bits per heavy atom. The highest BCUT2D eigenvalue weighted by molar-refractivity contribution is 5.90. The second kappa shape index (κ2) is 9.12. The molecule has 7 heteroatoms. The second-order valence-electron chi connectivity index (χ2n) is 5.53. The number of nitrogens with zero attached hydrogens (tertiary/aromatic N) is 1. The summed E-state index contributed by atoms with van der Waals surface area (Å²) in [6, 6.07) is 6.74. The largest absolute Gasteiger partial charge is 0.450 e. The van der Waals surface area contributed by atoms with Crippen molar-refractivity contribution < 1.29 is 19.1 Å². The quantitative estimate of drug-likeness (QED) is 0.836. The van der Waals surface area contributed by atoms with Gasteiger partial charge in [-0.05, 0) is 51.0 Å².